The van der Waals surface area contributed by atoms with Crippen LogP contribution >= 0.6 is 11.8 Å². The monoisotopic (exact) mass is 737 g/mol. The highest BCUT2D eigenvalue weighted by Gasteiger charge is 2.26. The fourth-order valence-electron chi connectivity index (χ4n) is 6.94. The molecule has 0 aliphatic carbocycles. The molecule has 2 aliphatic rings. The fourth-order valence-corrected chi connectivity index (χ4v) is 8.02. The third-order valence-electron chi connectivity index (χ3n) is 9.69. The van der Waals surface area contributed by atoms with Crippen LogP contribution in [0.3, 0.4) is 0 Å². The summed E-state index contributed by atoms with van der Waals surface area (Å²) >= 11 is 1.86. The first kappa shape index (κ1) is 41.6. The molecule has 0 unspecified atom stereocenters. The highest BCUT2D eigenvalue weighted by molar-refractivity contribution is 8.00. The number of carbonyl (C=O) groups excluding carboxylic acids is 4. The van der Waals surface area contributed by atoms with Crippen molar-refractivity contribution < 1.29 is 24.3 Å². The second kappa shape index (κ2) is 19.3. The number of piperazine rings is 1. The molecule has 0 spiro atoms. The van der Waals surface area contributed by atoms with Crippen molar-refractivity contribution in [1.82, 2.24) is 25.0 Å². The van der Waals surface area contributed by atoms with Gasteiger partial charge in [-0.1, -0.05) is 60.8 Å². The van der Waals surface area contributed by atoms with Crippen molar-refractivity contribution in [1.29, 1.82) is 0 Å². The van der Waals surface area contributed by atoms with E-state index in [-0.39, 0.29) is 33.7 Å². The van der Waals surface area contributed by atoms with Gasteiger partial charge < -0.3 is 15.4 Å². The molecule has 0 bridgehead atoms. The molecule has 4 rings (SSSR count). The molecule has 1 saturated heterocycles. The van der Waals surface area contributed by atoms with Gasteiger partial charge in [0.15, 0.2) is 0 Å². The Bertz CT molecular complexity index is 1540. The van der Waals surface area contributed by atoms with Crippen LogP contribution in [-0.2, 0) is 32.1 Å². The molecule has 1 aromatic carbocycles. The molecule has 2 aliphatic heterocycles. The van der Waals surface area contributed by atoms with Crippen LogP contribution in [-0.4, -0.2) is 98.9 Å². The van der Waals surface area contributed by atoms with Gasteiger partial charge in [-0.05, 0) is 55.2 Å². The fraction of sp³-hybridized carbons (Fsp3) is 0.659. The Morgan fingerprint density at radius 2 is 1.38 bits per heavy atom. The van der Waals surface area contributed by atoms with E-state index >= 15 is 0 Å². The van der Waals surface area contributed by atoms with Gasteiger partial charge in [-0.25, -0.2) is 0 Å². The summed E-state index contributed by atoms with van der Waals surface area (Å²) in [7, 11) is 0. The largest absolute Gasteiger partial charge is 0.508 e. The third kappa shape index (κ3) is 13.4. The summed E-state index contributed by atoms with van der Waals surface area (Å²) in [6, 6.07) is 3.94. The highest BCUT2D eigenvalue weighted by atomic mass is 32.2. The molecule has 3 heterocycles. The average molecular weight is 738 g/mol. The maximum absolute atomic E-state index is 12.4. The van der Waals surface area contributed by atoms with Gasteiger partial charge in [0.25, 0.3) is 11.8 Å². The molecule has 11 heteroatoms. The van der Waals surface area contributed by atoms with Crippen LogP contribution in [0.4, 0.5) is 0 Å². The Kier molecular flexibility index (Phi) is 15.4. The number of aromatic hydroxyl groups is 1. The van der Waals surface area contributed by atoms with E-state index in [1.165, 1.54) is 33.0 Å². The molecule has 288 valence electrons. The smallest absolute Gasteiger partial charge is 0.253 e. The van der Waals surface area contributed by atoms with E-state index in [0.717, 1.165) is 95.2 Å². The van der Waals surface area contributed by atoms with Gasteiger partial charge in [0.1, 0.15) is 11.5 Å². The number of nitrogens with zero attached hydrogens (tertiary/aromatic N) is 3. The van der Waals surface area contributed by atoms with Crippen molar-refractivity contribution in [3.05, 3.63) is 35.4 Å². The Labute approximate surface area is 315 Å². The summed E-state index contributed by atoms with van der Waals surface area (Å²) in [6.07, 6.45) is 11.1. The van der Waals surface area contributed by atoms with Gasteiger partial charge in [0.2, 0.25) is 5.91 Å². The van der Waals surface area contributed by atoms with Crippen LogP contribution in [0.2, 0.25) is 0 Å². The number of H-pyrrole nitrogens is 1. The summed E-state index contributed by atoms with van der Waals surface area (Å²) < 4.78 is 0.0688. The molecule has 10 nitrogen and oxygen atoms in total. The van der Waals surface area contributed by atoms with Crippen molar-refractivity contribution in [2.75, 3.05) is 45.8 Å². The number of carbonyl (C=O) groups is 4. The molecule has 1 fully saturated rings. The lowest BCUT2D eigenvalue weighted by atomic mass is 9.88. The summed E-state index contributed by atoms with van der Waals surface area (Å²) in [6.45, 7) is 19.8. The van der Waals surface area contributed by atoms with Crippen LogP contribution in [0.1, 0.15) is 117 Å². The van der Waals surface area contributed by atoms with Crippen molar-refractivity contribution in [3.63, 3.8) is 0 Å². The number of hydrogen-bond acceptors (Lipinski definition) is 8. The standard InChI is InChI=1S/C41H63N5O5S/c1-40(2,3)28-32-31-17-18-34(48)33(38(31)43-39(32)52-41(4,5)6)29-45-26-24-44(25-27-45)23-21-42-35(49)16-12-8-7-10-14-30(47)15-11-9-13-22-46-36(50)19-20-37(46)51/h17-20,43,48H,7-16,21-29H2,1-6H3,(H,42,49). The van der Waals surface area contributed by atoms with Crippen LogP contribution in [0.5, 0.6) is 5.75 Å². The second-order valence-corrected chi connectivity index (χ2v) is 18.6. The average Bonchev–Trinajstić information content (AvgIpc) is 3.56. The minimum Gasteiger partial charge on any atom is -0.508 e. The Morgan fingerprint density at radius 3 is 2.00 bits per heavy atom. The molecule has 1 aromatic heterocycles. The highest BCUT2D eigenvalue weighted by Crippen LogP contribution is 2.42. The molecule has 0 saturated carbocycles. The number of nitrogens with one attached hydrogen (secondary N) is 2. The van der Waals surface area contributed by atoms with Crippen LogP contribution < -0.4 is 5.32 Å². The van der Waals surface area contributed by atoms with E-state index in [1.807, 2.05) is 17.8 Å². The Hall–Kier alpha value is -3.15. The lowest BCUT2D eigenvalue weighted by Gasteiger charge is -2.34. The number of Topliss-reactive ketones (excluding diaryl/α,β-unsaturated/α-hetero) is 1. The van der Waals surface area contributed by atoms with Gasteiger partial charge in [-0.2, -0.15) is 0 Å². The number of aromatic amines is 1. The first-order valence-electron chi connectivity index (χ1n) is 19.4. The van der Waals surface area contributed by atoms with Crippen molar-refractivity contribution in [2.24, 2.45) is 5.41 Å². The maximum Gasteiger partial charge on any atom is 0.253 e. The molecule has 0 atom stereocenters. The summed E-state index contributed by atoms with van der Waals surface area (Å²) in [5.41, 5.74) is 3.51. The Balaban J connectivity index is 1.07. The molecule has 3 N–H and O–H groups in total. The predicted molar refractivity (Wildman–Crippen MR) is 210 cm³/mol. The number of hydrogen-bond donors (Lipinski definition) is 3. The van der Waals surface area contributed by atoms with Crippen molar-refractivity contribution >= 4 is 46.2 Å². The first-order valence-corrected chi connectivity index (χ1v) is 20.2. The lowest BCUT2D eigenvalue weighted by molar-refractivity contribution is -0.137. The van der Waals surface area contributed by atoms with Crippen molar-refractivity contribution in [2.45, 2.75) is 128 Å². The number of aromatic nitrogens is 1. The van der Waals surface area contributed by atoms with E-state index < -0.39 is 0 Å². The van der Waals surface area contributed by atoms with Gasteiger partial charge in [0, 0.05) is 99.5 Å². The van der Waals surface area contributed by atoms with E-state index in [9.17, 15) is 24.3 Å². The van der Waals surface area contributed by atoms with Crippen LogP contribution in [0.15, 0.2) is 29.3 Å². The number of fused-ring (bicyclic) bond motifs is 1. The van der Waals surface area contributed by atoms with Crippen LogP contribution in [0, 0.1) is 5.41 Å². The number of imide groups is 1. The number of unbranched alkanes of at least 4 members (excludes halogenated alkanes) is 5. The van der Waals surface area contributed by atoms with Gasteiger partial charge in [0.05, 0.1) is 10.5 Å². The molecule has 0 radical (unpaired) electrons. The summed E-state index contributed by atoms with van der Waals surface area (Å²) in [5, 5.41) is 16.5. The predicted octanol–water partition coefficient (Wildman–Crippen LogP) is 6.98. The minimum atomic E-state index is -0.250. The molecule has 52 heavy (non-hydrogen) atoms. The minimum absolute atomic E-state index is 0.0688. The number of ketones is 1. The molecular formula is C41H63N5O5S. The lowest BCUT2D eigenvalue weighted by Crippen LogP contribution is -2.48. The molecular weight excluding hydrogens is 675 g/mol. The SMILES string of the molecule is CC(C)(C)Cc1c(SC(C)(C)C)[nH]c2c(CN3CCN(CCNC(=O)CCCCCCC(=O)CCCCCN4C(=O)C=CC4=O)CC3)c(O)ccc12. The molecule has 3 amide bonds. The van der Waals surface area contributed by atoms with E-state index in [0.29, 0.717) is 44.6 Å². The second-order valence-electron chi connectivity index (χ2n) is 16.8. The number of thioether (sulfide) groups is 1. The van der Waals surface area contributed by atoms with E-state index in [2.05, 4.69) is 67.7 Å². The summed E-state index contributed by atoms with van der Waals surface area (Å²) in [4.78, 5) is 57.5. The van der Waals surface area contributed by atoms with Gasteiger partial charge >= 0.3 is 0 Å². The van der Waals surface area contributed by atoms with Gasteiger partial charge in [-0.3, -0.25) is 33.9 Å². The zero-order chi connectivity index (χ0) is 37.9. The number of amides is 3. The van der Waals surface area contributed by atoms with E-state index in [1.54, 1.807) is 0 Å². The number of phenols is 1. The quantitative estimate of drug-likeness (QED) is 0.0756. The normalized spacial score (nSPS) is 16.1. The number of benzene rings is 1. The number of rotatable bonds is 20. The zero-order valence-corrected chi connectivity index (χ0v) is 33.4. The zero-order valence-electron chi connectivity index (χ0n) is 32.6. The molecule has 2 aromatic rings. The third-order valence-corrected chi connectivity index (χ3v) is 10.9. The van der Waals surface area contributed by atoms with E-state index in [4.69, 9.17) is 0 Å². The van der Waals surface area contributed by atoms with Crippen molar-refractivity contribution in [3.8, 4) is 5.75 Å². The Morgan fingerprint density at radius 1 is 0.788 bits per heavy atom. The number of phenolic OH excluding ortho intramolecular Hbond substituents is 1. The maximum atomic E-state index is 12.4. The summed E-state index contributed by atoms with van der Waals surface area (Å²) in [5.74, 6) is 0.197. The van der Waals surface area contributed by atoms with Crippen LogP contribution in [0.25, 0.3) is 10.9 Å². The van der Waals surface area contributed by atoms with Gasteiger partial charge in [-0.15, -0.1) is 11.8 Å². The topological polar surface area (TPSA) is 126 Å². The first-order chi connectivity index (χ1) is 24.6.